The molecule has 0 bridgehead atoms. The molecule has 1 aliphatic rings. The minimum Gasteiger partial charge on any atom is -0.455 e. The molecular weight excluding hydrogens is 365 g/mol. The SMILES string of the molecule is CN(Cc1cccc(F)c1)C(=O)COC(=O)CSc1ccc2c(c1)CCC2. The van der Waals surface area contributed by atoms with Crippen LogP contribution in [-0.4, -0.2) is 36.2 Å². The Morgan fingerprint density at radius 1 is 1.15 bits per heavy atom. The van der Waals surface area contributed by atoms with Gasteiger partial charge in [0.15, 0.2) is 6.61 Å². The summed E-state index contributed by atoms with van der Waals surface area (Å²) in [4.78, 5) is 26.5. The summed E-state index contributed by atoms with van der Waals surface area (Å²) in [6, 6.07) is 12.4. The standard InChI is InChI=1S/C21H22FNO3S/c1-23(12-15-4-2-7-18(22)10-15)20(24)13-26-21(25)14-27-19-9-8-16-5-3-6-17(16)11-19/h2,4,7-11H,3,5-6,12-14H2,1H3. The van der Waals surface area contributed by atoms with E-state index in [0.29, 0.717) is 5.56 Å². The lowest BCUT2D eigenvalue weighted by Gasteiger charge is -2.17. The zero-order valence-corrected chi connectivity index (χ0v) is 16.1. The first-order chi connectivity index (χ1) is 13.0. The Labute approximate surface area is 162 Å². The molecule has 2 aromatic rings. The third-order valence-electron chi connectivity index (χ3n) is 4.52. The molecule has 142 valence electrons. The highest BCUT2D eigenvalue weighted by Gasteiger charge is 2.14. The highest BCUT2D eigenvalue weighted by molar-refractivity contribution is 8.00. The number of amides is 1. The Balaban J connectivity index is 1.41. The first kappa shape index (κ1) is 19.4. The van der Waals surface area contributed by atoms with Crippen molar-refractivity contribution < 1.29 is 18.7 Å². The van der Waals surface area contributed by atoms with E-state index in [1.165, 1.54) is 46.3 Å². The van der Waals surface area contributed by atoms with Crippen molar-refractivity contribution in [3.63, 3.8) is 0 Å². The number of hydrogen-bond acceptors (Lipinski definition) is 4. The molecule has 0 unspecified atom stereocenters. The van der Waals surface area contributed by atoms with Crippen LogP contribution in [0.2, 0.25) is 0 Å². The van der Waals surface area contributed by atoms with E-state index >= 15 is 0 Å². The van der Waals surface area contributed by atoms with Crippen LogP contribution in [0.25, 0.3) is 0 Å². The number of benzene rings is 2. The zero-order valence-electron chi connectivity index (χ0n) is 15.2. The number of ether oxygens (including phenoxy) is 1. The molecule has 0 atom stereocenters. The van der Waals surface area contributed by atoms with Crippen LogP contribution in [0.15, 0.2) is 47.4 Å². The third kappa shape index (κ3) is 5.57. The normalized spacial score (nSPS) is 12.5. The van der Waals surface area contributed by atoms with Crippen molar-refractivity contribution >= 4 is 23.6 Å². The maximum Gasteiger partial charge on any atom is 0.316 e. The Morgan fingerprint density at radius 2 is 1.96 bits per heavy atom. The van der Waals surface area contributed by atoms with E-state index in [-0.39, 0.29) is 30.6 Å². The number of fused-ring (bicyclic) bond motifs is 1. The van der Waals surface area contributed by atoms with Gasteiger partial charge in [-0.2, -0.15) is 0 Å². The van der Waals surface area contributed by atoms with E-state index in [1.807, 2.05) is 6.07 Å². The fourth-order valence-electron chi connectivity index (χ4n) is 3.07. The van der Waals surface area contributed by atoms with E-state index in [9.17, 15) is 14.0 Å². The summed E-state index contributed by atoms with van der Waals surface area (Å²) in [5, 5.41) is 0. The van der Waals surface area contributed by atoms with Gasteiger partial charge >= 0.3 is 5.97 Å². The second-order valence-electron chi connectivity index (χ2n) is 6.61. The Bertz CT molecular complexity index is 840. The number of rotatable bonds is 7. The maximum absolute atomic E-state index is 13.2. The molecule has 0 saturated carbocycles. The Hall–Kier alpha value is -2.34. The van der Waals surface area contributed by atoms with Gasteiger partial charge in [-0.25, -0.2) is 4.39 Å². The van der Waals surface area contributed by atoms with E-state index in [2.05, 4.69) is 12.1 Å². The summed E-state index contributed by atoms with van der Waals surface area (Å²) >= 11 is 1.42. The number of hydrogen-bond donors (Lipinski definition) is 0. The maximum atomic E-state index is 13.2. The van der Waals surface area contributed by atoms with E-state index in [1.54, 1.807) is 19.2 Å². The minimum absolute atomic E-state index is 0.166. The molecule has 3 rings (SSSR count). The number of nitrogens with zero attached hydrogens (tertiary/aromatic N) is 1. The van der Waals surface area contributed by atoms with Gasteiger partial charge in [0.25, 0.3) is 5.91 Å². The van der Waals surface area contributed by atoms with Gasteiger partial charge in [-0.05, 0) is 60.2 Å². The molecule has 0 fully saturated rings. The molecule has 0 N–H and O–H groups in total. The number of esters is 1. The summed E-state index contributed by atoms with van der Waals surface area (Å²) in [5.41, 5.74) is 3.45. The summed E-state index contributed by atoms with van der Waals surface area (Å²) in [6.07, 6.45) is 3.42. The molecule has 1 aliphatic carbocycles. The van der Waals surface area contributed by atoms with Gasteiger partial charge in [0.05, 0.1) is 5.75 Å². The second-order valence-corrected chi connectivity index (χ2v) is 7.66. The predicted molar refractivity (Wildman–Crippen MR) is 103 cm³/mol. The Morgan fingerprint density at radius 3 is 2.78 bits per heavy atom. The lowest BCUT2D eigenvalue weighted by Crippen LogP contribution is -2.31. The zero-order chi connectivity index (χ0) is 19.2. The number of thioether (sulfide) groups is 1. The van der Waals surface area contributed by atoms with Crippen LogP contribution >= 0.6 is 11.8 Å². The molecule has 0 aromatic heterocycles. The summed E-state index contributed by atoms with van der Waals surface area (Å²) in [7, 11) is 1.60. The highest BCUT2D eigenvalue weighted by Crippen LogP contribution is 2.27. The monoisotopic (exact) mass is 387 g/mol. The molecular formula is C21H22FNO3S. The highest BCUT2D eigenvalue weighted by atomic mass is 32.2. The fourth-order valence-corrected chi connectivity index (χ4v) is 3.83. The van der Waals surface area contributed by atoms with Gasteiger partial charge < -0.3 is 9.64 Å². The van der Waals surface area contributed by atoms with Crippen molar-refractivity contribution in [1.29, 1.82) is 0 Å². The lowest BCUT2D eigenvalue weighted by molar-refractivity contribution is -0.149. The van der Waals surface area contributed by atoms with Gasteiger partial charge in [0, 0.05) is 18.5 Å². The van der Waals surface area contributed by atoms with E-state index < -0.39 is 5.97 Å². The number of likely N-dealkylation sites (N-methyl/N-ethyl adjacent to an activating group) is 1. The summed E-state index contributed by atoms with van der Waals surface area (Å²) < 4.78 is 18.3. The van der Waals surface area contributed by atoms with Gasteiger partial charge in [-0.1, -0.05) is 18.2 Å². The number of carbonyl (C=O) groups excluding carboxylic acids is 2. The average Bonchev–Trinajstić information content (AvgIpc) is 3.12. The first-order valence-corrected chi connectivity index (χ1v) is 9.88. The van der Waals surface area contributed by atoms with Crippen molar-refractivity contribution in [2.24, 2.45) is 0 Å². The van der Waals surface area contributed by atoms with Crippen molar-refractivity contribution in [3.8, 4) is 0 Å². The van der Waals surface area contributed by atoms with Crippen LogP contribution in [0.5, 0.6) is 0 Å². The van der Waals surface area contributed by atoms with Gasteiger partial charge in [0.2, 0.25) is 0 Å². The third-order valence-corrected chi connectivity index (χ3v) is 5.49. The molecule has 2 aromatic carbocycles. The molecule has 0 heterocycles. The van der Waals surface area contributed by atoms with Crippen LogP contribution < -0.4 is 0 Å². The van der Waals surface area contributed by atoms with E-state index in [0.717, 1.165) is 17.7 Å². The molecule has 0 radical (unpaired) electrons. The van der Waals surface area contributed by atoms with Crippen molar-refractivity contribution in [2.75, 3.05) is 19.4 Å². The van der Waals surface area contributed by atoms with Crippen molar-refractivity contribution in [2.45, 2.75) is 30.7 Å². The molecule has 4 nitrogen and oxygen atoms in total. The number of halogens is 1. The molecule has 0 spiro atoms. The van der Waals surface area contributed by atoms with Crippen LogP contribution in [-0.2, 0) is 33.7 Å². The van der Waals surface area contributed by atoms with Crippen molar-refractivity contribution in [1.82, 2.24) is 4.90 Å². The smallest absolute Gasteiger partial charge is 0.316 e. The van der Waals surface area contributed by atoms with Crippen LogP contribution in [0.1, 0.15) is 23.1 Å². The van der Waals surface area contributed by atoms with Crippen LogP contribution in [0, 0.1) is 5.82 Å². The topological polar surface area (TPSA) is 46.6 Å². The minimum atomic E-state index is -0.423. The molecule has 0 aliphatic heterocycles. The van der Waals surface area contributed by atoms with Gasteiger partial charge in [0.1, 0.15) is 5.82 Å². The first-order valence-electron chi connectivity index (χ1n) is 8.90. The summed E-state index contributed by atoms with van der Waals surface area (Å²) in [5.74, 6) is -0.925. The quantitative estimate of drug-likeness (QED) is 0.538. The van der Waals surface area contributed by atoms with Crippen LogP contribution in [0.4, 0.5) is 4.39 Å². The number of carbonyl (C=O) groups is 2. The van der Waals surface area contributed by atoms with Gasteiger partial charge in [-0.3, -0.25) is 9.59 Å². The summed E-state index contributed by atoms with van der Waals surface area (Å²) in [6.45, 7) is -0.0482. The molecule has 6 heteroatoms. The lowest BCUT2D eigenvalue weighted by atomic mass is 10.1. The van der Waals surface area contributed by atoms with E-state index in [4.69, 9.17) is 4.74 Å². The molecule has 1 amide bonds. The number of aryl methyl sites for hydroxylation is 2. The average molecular weight is 387 g/mol. The Kier molecular flexibility index (Phi) is 6.50. The second kappa shape index (κ2) is 9.04. The van der Waals surface area contributed by atoms with Crippen molar-refractivity contribution in [3.05, 3.63) is 65.0 Å². The molecule has 27 heavy (non-hydrogen) atoms. The predicted octanol–water partition coefficient (Wildman–Crippen LogP) is 3.61. The fraction of sp³-hybridized carbons (Fsp3) is 0.333. The van der Waals surface area contributed by atoms with Gasteiger partial charge in [-0.15, -0.1) is 11.8 Å². The largest absolute Gasteiger partial charge is 0.455 e. The van der Waals surface area contributed by atoms with Crippen LogP contribution in [0.3, 0.4) is 0 Å². The molecule has 0 saturated heterocycles.